The normalized spacial score (nSPS) is 16.4. The summed E-state index contributed by atoms with van der Waals surface area (Å²) in [5, 5.41) is 2.59. The van der Waals surface area contributed by atoms with E-state index in [1.165, 1.54) is 17.8 Å². The molecule has 0 bridgehead atoms. The molecule has 1 aliphatic heterocycles. The Morgan fingerprint density at radius 3 is 2.68 bits per heavy atom. The Balaban J connectivity index is 2.09. The number of para-hydroxylation sites is 1. The summed E-state index contributed by atoms with van der Waals surface area (Å²) in [7, 11) is 0. The molecule has 0 unspecified atom stereocenters. The van der Waals surface area contributed by atoms with Crippen molar-refractivity contribution in [1.29, 1.82) is 0 Å². The van der Waals surface area contributed by atoms with Gasteiger partial charge >= 0.3 is 0 Å². The first kappa shape index (κ1) is 15.0. The molecule has 1 N–H and O–H groups in total. The van der Waals surface area contributed by atoms with Gasteiger partial charge in [-0.25, -0.2) is 4.39 Å². The molecule has 2 aromatic rings. The lowest BCUT2D eigenvalue weighted by molar-refractivity contribution is -0.115. The number of aromatic nitrogens is 1. The lowest BCUT2D eigenvalue weighted by Gasteiger charge is -2.10. The highest BCUT2D eigenvalue weighted by Gasteiger charge is 2.23. The Labute approximate surface area is 137 Å². The fraction of sp³-hybridized carbons (Fsp3) is 0.125. The number of halogens is 1. The van der Waals surface area contributed by atoms with Gasteiger partial charge in [0.2, 0.25) is 0 Å². The average Bonchev–Trinajstić information content (AvgIpc) is 2.91. The maximum atomic E-state index is 14.0. The van der Waals surface area contributed by atoms with Gasteiger partial charge in [0.15, 0.2) is 0 Å². The van der Waals surface area contributed by atoms with Crippen LogP contribution >= 0.6 is 24.0 Å². The highest BCUT2D eigenvalue weighted by atomic mass is 32.2. The number of thiocarbonyl (C=S) groups is 1. The van der Waals surface area contributed by atoms with Gasteiger partial charge in [0.25, 0.3) is 5.91 Å². The number of hydrogen-bond acceptors (Lipinski definition) is 3. The number of carbonyl (C=O) groups is 1. The molecule has 3 nitrogen and oxygen atoms in total. The van der Waals surface area contributed by atoms with Gasteiger partial charge in [0.05, 0.1) is 10.6 Å². The third-order valence-electron chi connectivity index (χ3n) is 3.49. The van der Waals surface area contributed by atoms with Crippen molar-refractivity contribution < 1.29 is 9.18 Å². The molecule has 112 valence electrons. The van der Waals surface area contributed by atoms with Crippen LogP contribution in [-0.2, 0) is 4.79 Å². The van der Waals surface area contributed by atoms with Crippen molar-refractivity contribution >= 4 is 40.3 Å². The molecule has 2 heterocycles. The molecule has 1 fully saturated rings. The summed E-state index contributed by atoms with van der Waals surface area (Å²) in [5.41, 5.74) is 3.16. The SMILES string of the molecule is Cc1cc(/C=C2\SC(=S)NC2=O)c(C)n1-c1ccccc1F. The van der Waals surface area contributed by atoms with Gasteiger partial charge in [-0.2, -0.15) is 0 Å². The van der Waals surface area contributed by atoms with Crippen molar-refractivity contribution in [2.75, 3.05) is 0 Å². The van der Waals surface area contributed by atoms with Crippen LogP contribution in [0.25, 0.3) is 11.8 Å². The molecule has 1 aliphatic rings. The predicted octanol–water partition coefficient (Wildman–Crippen LogP) is 3.72. The quantitative estimate of drug-likeness (QED) is 0.672. The van der Waals surface area contributed by atoms with E-state index in [9.17, 15) is 9.18 Å². The smallest absolute Gasteiger partial charge is 0.263 e. The third kappa shape index (κ3) is 2.60. The average molecular weight is 332 g/mol. The molecule has 3 rings (SSSR count). The number of nitrogens with zero attached hydrogens (tertiary/aromatic N) is 1. The zero-order valence-electron chi connectivity index (χ0n) is 12.0. The van der Waals surface area contributed by atoms with Crippen molar-refractivity contribution in [3.63, 3.8) is 0 Å². The zero-order chi connectivity index (χ0) is 15.9. The standard InChI is InChI=1S/C16H13FN2OS2/c1-9-7-11(8-14-15(20)18-16(21)22-14)10(2)19(9)13-6-4-3-5-12(13)17/h3-8H,1-2H3,(H,18,20,21)/b14-8-. The molecule has 0 aliphatic carbocycles. The van der Waals surface area contributed by atoms with E-state index in [2.05, 4.69) is 5.32 Å². The summed E-state index contributed by atoms with van der Waals surface area (Å²) in [5.74, 6) is -0.469. The number of rotatable bonds is 2. The molecule has 1 aromatic carbocycles. The lowest BCUT2D eigenvalue weighted by Crippen LogP contribution is -2.17. The molecular weight excluding hydrogens is 319 g/mol. The van der Waals surface area contributed by atoms with E-state index in [0.717, 1.165) is 17.0 Å². The summed E-state index contributed by atoms with van der Waals surface area (Å²) in [4.78, 5) is 12.3. The fourth-order valence-corrected chi connectivity index (χ4v) is 3.53. The number of benzene rings is 1. The Morgan fingerprint density at radius 2 is 2.05 bits per heavy atom. The molecule has 1 aromatic heterocycles. The van der Waals surface area contributed by atoms with E-state index >= 15 is 0 Å². The third-order valence-corrected chi connectivity index (χ3v) is 4.65. The molecule has 0 atom stereocenters. The van der Waals surface area contributed by atoms with Gasteiger partial charge in [-0.05, 0) is 43.7 Å². The van der Waals surface area contributed by atoms with E-state index < -0.39 is 0 Å². The van der Waals surface area contributed by atoms with Crippen LogP contribution in [0.4, 0.5) is 4.39 Å². The number of aryl methyl sites for hydroxylation is 1. The second-order valence-corrected chi connectivity index (χ2v) is 6.68. The van der Waals surface area contributed by atoms with E-state index in [-0.39, 0.29) is 11.7 Å². The summed E-state index contributed by atoms with van der Waals surface area (Å²) >= 11 is 6.22. The van der Waals surface area contributed by atoms with Crippen molar-refractivity contribution in [3.8, 4) is 5.69 Å². The first-order chi connectivity index (χ1) is 10.5. The van der Waals surface area contributed by atoms with E-state index in [0.29, 0.717) is 14.9 Å². The van der Waals surface area contributed by atoms with Crippen molar-refractivity contribution in [1.82, 2.24) is 9.88 Å². The summed E-state index contributed by atoms with van der Waals surface area (Å²) in [6.45, 7) is 3.82. The molecule has 0 radical (unpaired) electrons. The summed E-state index contributed by atoms with van der Waals surface area (Å²) < 4.78 is 16.3. The Hall–Kier alpha value is -1.92. The maximum absolute atomic E-state index is 14.0. The second kappa shape index (κ2) is 5.70. The van der Waals surface area contributed by atoms with E-state index in [1.54, 1.807) is 24.3 Å². The van der Waals surface area contributed by atoms with Gasteiger partial charge in [0.1, 0.15) is 10.1 Å². The van der Waals surface area contributed by atoms with Crippen LogP contribution in [0.2, 0.25) is 0 Å². The minimum absolute atomic E-state index is 0.189. The first-order valence-electron chi connectivity index (χ1n) is 6.66. The zero-order valence-corrected chi connectivity index (χ0v) is 13.6. The van der Waals surface area contributed by atoms with Crippen LogP contribution in [0.15, 0.2) is 35.2 Å². The lowest BCUT2D eigenvalue weighted by atomic mass is 10.2. The topological polar surface area (TPSA) is 34.0 Å². The molecule has 0 spiro atoms. The van der Waals surface area contributed by atoms with Crippen LogP contribution in [0.3, 0.4) is 0 Å². The Kier molecular flexibility index (Phi) is 3.88. The number of carbonyl (C=O) groups excluding carboxylic acids is 1. The predicted molar refractivity (Wildman–Crippen MR) is 91.5 cm³/mol. The van der Waals surface area contributed by atoms with Crippen LogP contribution < -0.4 is 5.32 Å². The van der Waals surface area contributed by atoms with Gasteiger partial charge in [-0.1, -0.05) is 36.1 Å². The molecule has 1 amide bonds. The van der Waals surface area contributed by atoms with Crippen LogP contribution in [0.5, 0.6) is 0 Å². The molecule has 0 saturated carbocycles. The van der Waals surface area contributed by atoms with Crippen molar-refractivity contribution in [3.05, 3.63) is 58.0 Å². The van der Waals surface area contributed by atoms with E-state index in [1.807, 2.05) is 24.5 Å². The molecule has 1 saturated heterocycles. The molecular formula is C16H13FN2OS2. The highest BCUT2D eigenvalue weighted by Crippen LogP contribution is 2.29. The number of hydrogen-bond donors (Lipinski definition) is 1. The first-order valence-corrected chi connectivity index (χ1v) is 7.88. The van der Waals surface area contributed by atoms with Crippen LogP contribution in [0, 0.1) is 19.7 Å². The minimum Gasteiger partial charge on any atom is -0.315 e. The largest absolute Gasteiger partial charge is 0.315 e. The minimum atomic E-state index is -0.280. The molecule has 6 heteroatoms. The van der Waals surface area contributed by atoms with Gasteiger partial charge in [-0.15, -0.1) is 0 Å². The Bertz CT molecular complexity index is 824. The van der Waals surface area contributed by atoms with Crippen molar-refractivity contribution in [2.24, 2.45) is 0 Å². The Morgan fingerprint density at radius 1 is 1.32 bits per heavy atom. The monoisotopic (exact) mass is 332 g/mol. The summed E-state index contributed by atoms with van der Waals surface area (Å²) in [6.07, 6.45) is 1.79. The number of nitrogens with one attached hydrogen (secondary N) is 1. The number of amides is 1. The van der Waals surface area contributed by atoms with Gasteiger partial charge < -0.3 is 9.88 Å². The van der Waals surface area contributed by atoms with Crippen LogP contribution in [0.1, 0.15) is 17.0 Å². The van der Waals surface area contributed by atoms with Crippen molar-refractivity contribution in [2.45, 2.75) is 13.8 Å². The number of thioether (sulfide) groups is 1. The molecule has 22 heavy (non-hydrogen) atoms. The fourth-order valence-electron chi connectivity index (χ4n) is 2.50. The highest BCUT2D eigenvalue weighted by molar-refractivity contribution is 8.26. The van der Waals surface area contributed by atoms with Crippen LogP contribution in [-0.4, -0.2) is 14.8 Å². The second-order valence-electron chi connectivity index (χ2n) is 4.97. The maximum Gasteiger partial charge on any atom is 0.263 e. The van der Waals surface area contributed by atoms with E-state index in [4.69, 9.17) is 12.2 Å². The van der Waals surface area contributed by atoms with Gasteiger partial charge in [0, 0.05) is 11.4 Å². The summed E-state index contributed by atoms with van der Waals surface area (Å²) in [6, 6.07) is 8.57. The van der Waals surface area contributed by atoms with Gasteiger partial charge in [-0.3, -0.25) is 4.79 Å².